The van der Waals surface area contributed by atoms with Gasteiger partial charge >= 0.3 is 6.18 Å². The van der Waals surface area contributed by atoms with Gasteiger partial charge in [0.2, 0.25) is 51.8 Å². The van der Waals surface area contributed by atoms with Gasteiger partial charge in [-0.15, -0.1) is 0 Å². The molecule has 0 bridgehead atoms. The molecule has 0 amide bonds. The largest absolute Gasteiger partial charge is 0.493 e. The van der Waals surface area contributed by atoms with Crippen LogP contribution in [0, 0.1) is 29.1 Å². The van der Waals surface area contributed by atoms with Crippen LogP contribution in [-0.4, -0.2) is 22.4 Å². The summed E-state index contributed by atoms with van der Waals surface area (Å²) >= 11 is -2.74. The van der Waals surface area contributed by atoms with Crippen LogP contribution in [-0.2, 0) is 17.3 Å². The van der Waals surface area contributed by atoms with Crippen LogP contribution in [0.1, 0.15) is 36.0 Å². The summed E-state index contributed by atoms with van der Waals surface area (Å²) in [6.07, 6.45) is -2.87. The molecule has 4 aromatic rings. The van der Waals surface area contributed by atoms with E-state index in [4.69, 9.17) is 9.47 Å². The number of nitrogens with zero attached hydrogens (tertiary/aromatic N) is 1. The summed E-state index contributed by atoms with van der Waals surface area (Å²) in [7, 11) is 0. The number of benzene rings is 3. The number of halogens is 8. The van der Waals surface area contributed by atoms with E-state index < -0.39 is 63.6 Å². The second-order valence-electron chi connectivity index (χ2n) is 9.22. The molecule has 0 spiro atoms. The van der Waals surface area contributed by atoms with Gasteiger partial charge < -0.3 is 13.7 Å². The number of hydrogen-bond donors (Lipinski definition) is 0. The molecule has 3 aromatic carbocycles. The number of alkyl halides is 3. The van der Waals surface area contributed by atoms with Crippen LogP contribution < -0.4 is 13.7 Å². The molecular weight excluding hydrogens is 610 g/mol. The fourth-order valence-electron chi connectivity index (χ4n) is 4.64. The third-order valence-corrected chi connectivity index (χ3v) is 7.60. The summed E-state index contributed by atoms with van der Waals surface area (Å²) in [6.45, 7) is 2.20. The Bertz CT molecular complexity index is 1680. The Hall–Kier alpha value is -4.20. The Labute approximate surface area is 241 Å². The minimum absolute atomic E-state index is 0.0915. The third kappa shape index (κ3) is 5.88. The van der Waals surface area contributed by atoms with E-state index in [0.29, 0.717) is 35.6 Å². The average Bonchev–Trinajstić information content (AvgIpc) is 3.00. The van der Waals surface area contributed by atoms with Crippen molar-refractivity contribution in [3.05, 3.63) is 101 Å². The van der Waals surface area contributed by atoms with Crippen molar-refractivity contribution in [2.75, 3.05) is 13.2 Å². The van der Waals surface area contributed by atoms with Crippen molar-refractivity contribution in [1.82, 2.24) is 4.98 Å². The molecule has 1 aromatic heterocycles. The zero-order valence-electron chi connectivity index (χ0n) is 21.9. The molecule has 0 fully saturated rings. The van der Waals surface area contributed by atoms with E-state index >= 15 is 0 Å². The molecule has 5 rings (SSSR count). The maximum Gasteiger partial charge on any atom is 0.416 e. The van der Waals surface area contributed by atoms with Gasteiger partial charge in [-0.05, 0) is 48.7 Å². The first-order chi connectivity index (χ1) is 20.4. The third-order valence-electron chi connectivity index (χ3n) is 6.64. The van der Waals surface area contributed by atoms with Crippen LogP contribution in [0.25, 0.3) is 11.1 Å². The van der Waals surface area contributed by atoms with Gasteiger partial charge in [0.25, 0.3) is 0 Å². The molecule has 0 saturated carbocycles. The monoisotopic (exact) mass is 629 g/mol. The number of pyridine rings is 1. The number of aromatic nitrogens is 1. The van der Waals surface area contributed by atoms with Gasteiger partial charge in [-0.25, -0.2) is 22.4 Å². The van der Waals surface area contributed by atoms with Crippen molar-refractivity contribution in [2.45, 2.75) is 30.3 Å². The highest BCUT2D eigenvalue weighted by molar-refractivity contribution is 7.80. The molecule has 0 saturated heterocycles. The summed E-state index contributed by atoms with van der Waals surface area (Å²) in [5.41, 5.74) is 0.777. The zero-order valence-corrected chi connectivity index (χ0v) is 22.7. The van der Waals surface area contributed by atoms with Crippen LogP contribution in [0.3, 0.4) is 0 Å². The van der Waals surface area contributed by atoms with Crippen LogP contribution in [0.4, 0.5) is 35.1 Å². The number of ether oxygens (including phenoxy) is 2. The predicted octanol–water partition coefficient (Wildman–Crippen LogP) is 7.88. The lowest BCUT2D eigenvalue weighted by molar-refractivity contribution is -0.137. The quantitative estimate of drug-likeness (QED) is 0.118. The standard InChI is InChI=1S/C29H19F8NO4S/c1-2-40-22-8-3-14(13-38-22)20-11-15(29(35,36)37)4-6-17(20)18-9-10-41-21-12-16(5-7-19(18)21)43(39)42-28-26(33)24(31)23(30)25(32)27(28)34/h3-8,11-13,18H,2,9-10H2,1H3. The SMILES string of the molecule is CCOc1ccc(-c2cc(C(F)(F)F)ccc2C2CCOc3cc(S(=O)Oc4c(F)c(F)c(F)c(F)c4F)ccc32)cn1. The fourth-order valence-corrected chi connectivity index (χ4v) is 5.41. The lowest BCUT2D eigenvalue weighted by atomic mass is 9.82. The molecule has 14 heteroatoms. The molecule has 2 unspecified atom stereocenters. The van der Waals surface area contributed by atoms with E-state index in [-0.39, 0.29) is 22.8 Å². The summed E-state index contributed by atoms with van der Waals surface area (Å²) < 4.78 is 138. The van der Waals surface area contributed by atoms with Crippen molar-refractivity contribution >= 4 is 11.1 Å². The Morgan fingerprint density at radius 3 is 2.21 bits per heavy atom. The van der Waals surface area contributed by atoms with Gasteiger partial charge in [0, 0.05) is 35.4 Å². The Morgan fingerprint density at radius 1 is 0.907 bits per heavy atom. The second kappa shape index (κ2) is 11.8. The average molecular weight is 630 g/mol. The number of fused-ring (bicyclic) bond motifs is 1. The maximum atomic E-state index is 14.0. The van der Waals surface area contributed by atoms with Gasteiger partial charge in [0.05, 0.1) is 23.7 Å². The zero-order chi connectivity index (χ0) is 31.1. The van der Waals surface area contributed by atoms with Crippen molar-refractivity contribution in [2.24, 2.45) is 0 Å². The molecule has 226 valence electrons. The first-order valence-electron chi connectivity index (χ1n) is 12.6. The number of hydrogen-bond acceptors (Lipinski definition) is 5. The van der Waals surface area contributed by atoms with Gasteiger partial charge in [-0.3, -0.25) is 0 Å². The minimum atomic E-state index is -4.62. The van der Waals surface area contributed by atoms with Gasteiger partial charge in [0.15, 0.2) is 0 Å². The first kappa shape index (κ1) is 30.3. The van der Waals surface area contributed by atoms with Crippen molar-refractivity contribution in [1.29, 1.82) is 0 Å². The Balaban J connectivity index is 1.51. The van der Waals surface area contributed by atoms with Crippen LogP contribution in [0.15, 0.2) is 59.6 Å². The highest BCUT2D eigenvalue weighted by Gasteiger charge is 2.34. The smallest absolute Gasteiger partial charge is 0.416 e. The molecule has 0 aliphatic carbocycles. The second-order valence-corrected chi connectivity index (χ2v) is 10.3. The first-order valence-corrected chi connectivity index (χ1v) is 13.7. The fraction of sp³-hybridized carbons (Fsp3) is 0.207. The van der Waals surface area contributed by atoms with E-state index in [2.05, 4.69) is 9.17 Å². The van der Waals surface area contributed by atoms with E-state index in [1.165, 1.54) is 36.5 Å². The summed E-state index contributed by atoms with van der Waals surface area (Å²) in [5, 5.41) is 0. The maximum absolute atomic E-state index is 14.0. The van der Waals surface area contributed by atoms with Crippen LogP contribution >= 0.6 is 0 Å². The van der Waals surface area contributed by atoms with Gasteiger partial charge in [0.1, 0.15) is 5.75 Å². The lowest BCUT2D eigenvalue weighted by Crippen LogP contribution is -2.17. The minimum Gasteiger partial charge on any atom is -0.493 e. The summed E-state index contributed by atoms with van der Waals surface area (Å²) in [5.74, 6) is -13.3. The molecule has 0 radical (unpaired) electrons. The molecule has 43 heavy (non-hydrogen) atoms. The van der Waals surface area contributed by atoms with Crippen LogP contribution in [0.5, 0.6) is 17.4 Å². The van der Waals surface area contributed by atoms with E-state index in [1.54, 1.807) is 13.0 Å². The molecule has 1 aliphatic heterocycles. The topological polar surface area (TPSA) is 57.7 Å². The molecule has 5 nitrogen and oxygen atoms in total. The predicted molar refractivity (Wildman–Crippen MR) is 138 cm³/mol. The highest BCUT2D eigenvalue weighted by Crippen LogP contribution is 2.44. The highest BCUT2D eigenvalue weighted by atomic mass is 32.2. The van der Waals surface area contributed by atoms with Crippen molar-refractivity contribution in [3.63, 3.8) is 0 Å². The molecule has 1 aliphatic rings. The van der Waals surface area contributed by atoms with Crippen molar-refractivity contribution < 1.29 is 53.0 Å². The number of rotatable bonds is 7. The lowest BCUT2D eigenvalue weighted by Gasteiger charge is -2.28. The molecular formula is C29H19F8NO4S. The Morgan fingerprint density at radius 2 is 1.58 bits per heavy atom. The molecule has 2 heterocycles. The van der Waals surface area contributed by atoms with E-state index in [9.17, 15) is 39.3 Å². The van der Waals surface area contributed by atoms with E-state index in [0.717, 1.165) is 12.1 Å². The summed E-state index contributed by atoms with van der Waals surface area (Å²) in [4.78, 5) is 3.93. The normalized spacial score (nSPS) is 15.4. The van der Waals surface area contributed by atoms with Gasteiger partial charge in [-0.2, -0.15) is 22.0 Å². The Kier molecular flexibility index (Phi) is 8.32. The molecule has 2 atom stereocenters. The van der Waals surface area contributed by atoms with E-state index in [1.807, 2.05) is 0 Å². The molecule has 0 N–H and O–H groups in total. The summed E-state index contributed by atoms with van der Waals surface area (Å²) in [6, 6.07) is 10.3. The van der Waals surface area contributed by atoms with Gasteiger partial charge in [-0.1, -0.05) is 12.1 Å². The van der Waals surface area contributed by atoms with Crippen molar-refractivity contribution in [3.8, 4) is 28.5 Å². The van der Waals surface area contributed by atoms with Crippen LogP contribution in [0.2, 0.25) is 0 Å².